The molecule has 0 heterocycles. The van der Waals surface area contributed by atoms with Crippen LogP contribution in [0.2, 0.25) is 5.02 Å². The molecule has 0 aliphatic rings. The highest BCUT2D eigenvalue weighted by molar-refractivity contribution is 6.30. The summed E-state index contributed by atoms with van der Waals surface area (Å²) < 4.78 is 13.1. The molecule has 84 valence electrons. The van der Waals surface area contributed by atoms with Gasteiger partial charge in [0.05, 0.1) is 0 Å². The monoisotopic (exact) mass is 231 g/mol. The molecule has 0 spiro atoms. The van der Waals surface area contributed by atoms with Crippen molar-refractivity contribution in [2.45, 2.75) is 26.3 Å². The molecular formula is C11H15ClFNO. The van der Waals surface area contributed by atoms with Crippen LogP contribution in [0.4, 0.5) is 4.39 Å². The van der Waals surface area contributed by atoms with Gasteiger partial charge in [0.15, 0.2) is 11.6 Å². The minimum absolute atomic E-state index is 0.250. The van der Waals surface area contributed by atoms with Crippen molar-refractivity contribution < 1.29 is 9.50 Å². The van der Waals surface area contributed by atoms with Crippen LogP contribution in [0.1, 0.15) is 31.9 Å². The molecule has 2 nitrogen and oxygen atoms in total. The van der Waals surface area contributed by atoms with Crippen molar-refractivity contribution in [2.75, 3.05) is 0 Å². The first-order chi connectivity index (χ1) is 6.91. The summed E-state index contributed by atoms with van der Waals surface area (Å²) >= 11 is 5.70. The first kappa shape index (κ1) is 12.3. The van der Waals surface area contributed by atoms with E-state index in [2.05, 4.69) is 0 Å². The van der Waals surface area contributed by atoms with Gasteiger partial charge in [-0.05, 0) is 24.5 Å². The maximum atomic E-state index is 13.1. The van der Waals surface area contributed by atoms with Crippen LogP contribution in [0.3, 0.4) is 0 Å². The summed E-state index contributed by atoms with van der Waals surface area (Å²) in [6.45, 7) is 4.02. The van der Waals surface area contributed by atoms with Gasteiger partial charge in [0, 0.05) is 16.6 Å². The summed E-state index contributed by atoms with van der Waals surface area (Å²) in [5.41, 5.74) is 6.22. The molecule has 0 saturated heterocycles. The number of nitrogens with two attached hydrogens (primary N) is 1. The van der Waals surface area contributed by atoms with Gasteiger partial charge >= 0.3 is 0 Å². The molecule has 4 heteroatoms. The van der Waals surface area contributed by atoms with Gasteiger partial charge in [0.2, 0.25) is 0 Å². The van der Waals surface area contributed by atoms with Crippen molar-refractivity contribution in [3.63, 3.8) is 0 Å². The van der Waals surface area contributed by atoms with Crippen molar-refractivity contribution in [3.05, 3.63) is 28.5 Å². The Bertz CT molecular complexity index is 355. The Kier molecular flexibility index (Phi) is 3.94. The standard InChI is InChI=1S/C11H15ClFNO/c1-6(2)3-10(14)8-4-7(12)5-9(13)11(8)15/h4-6,10,15H,3,14H2,1-2H3/t10-/m0/s1. The van der Waals surface area contributed by atoms with Crippen molar-refractivity contribution in [2.24, 2.45) is 11.7 Å². The lowest BCUT2D eigenvalue weighted by atomic mass is 9.97. The molecule has 1 aromatic rings. The molecule has 1 rings (SSSR count). The lowest BCUT2D eigenvalue weighted by Gasteiger charge is -2.16. The zero-order valence-electron chi connectivity index (χ0n) is 8.80. The van der Waals surface area contributed by atoms with E-state index in [0.29, 0.717) is 17.9 Å². The van der Waals surface area contributed by atoms with Crippen LogP contribution in [0.5, 0.6) is 5.75 Å². The average molecular weight is 232 g/mol. The molecular weight excluding hydrogens is 217 g/mol. The fraction of sp³-hybridized carbons (Fsp3) is 0.455. The van der Waals surface area contributed by atoms with Crippen LogP contribution in [0, 0.1) is 11.7 Å². The van der Waals surface area contributed by atoms with Gasteiger partial charge in [-0.1, -0.05) is 25.4 Å². The van der Waals surface area contributed by atoms with Crippen LogP contribution in [0.25, 0.3) is 0 Å². The normalized spacial score (nSPS) is 13.2. The average Bonchev–Trinajstić information content (AvgIpc) is 2.09. The molecule has 0 fully saturated rings. The van der Waals surface area contributed by atoms with E-state index in [4.69, 9.17) is 17.3 Å². The van der Waals surface area contributed by atoms with Gasteiger partial charge in [0.1, 0.15) is 0 Å². The number of rotatable bonds is 3. The Morgan fingerprint density at radius 1 is 1.47 bits per heavy atom. The van der Waals surface area contributed by atoms with Crippen molar-refractivity contribution in [1.29, 1.82) is 0 Å². The molecule has 15 heavy (non-hydrogen) atoms. The SMILES string of the molecule is CC(C)C[C@H](N)c1cc(Cl)cc(F)c1O. The Morgan fingerprint density at radius 3 is 2.60 bits per heavy atom. The molecule has 0 bridgehead atoms. The van der Waals surface area contributed by atoms with Crippen LogP contribution >= 0.6 is 11.6 Å². The predicted octanol–water partition coefficient (Wildman–Crippen LogP) is 3.23. The van der Waals surface area contributed by atoms with E-state index >= 15 is 0 Å². The summed E-state index contributed by atoms with van der Waals surface area (Å²) in [5.74, 6) is -0.745. The summed E-state index contributed by atoms with van der Waals surface area (Å²) in [5, 5.41) is 9.74. The molecule has 1 aromatic carbocycles. The quantitative estimate of drug-likeness (QED) is 0.839. The third kappa shape index (κ3) is 3.08. The molecule has 0 unspecified atom stereocenters. The smallest absolute Gasteiger partial charge is 0.166 e. The summed E-state index contributed by atoms with van der Waals surface area (Å²) in [7, 11) is 0. The summed E-state index contributed by atoms with van der Waals surface area (Å²) in [4.78, 5) is 0. The lowest BCUT2D eigenvalue weighted by molar-refractivity contribution is 0.411. The lowest BCUT2D eigenvalue weighted by Crippen LogP contribution is -2.13. The summed E-state index contributed by atoms with van der Waals surface area (Å²) in [6, 6.07) is 2.19. The first-order valence-corrected chi connectivity index (χ1v) is 5.23. The molecule has 0 aliphatic carbocycles. The molecule has 0 aliphatic heterocycles. The van der Waals surface area contributed by atoms with Crippen molar-refractivity contribution in [1.82, 2.24) is 0 Å². The number of phenolic OH excluding ortho intramolecular Hbond substituents is 1. The second kappa shape index (κ2) is 4.81. The maximum absolute atomic E-state index is 13.1. The van der Waals surface area contributed by atoms with Gasteiger partial charge in [-0.2, -0.15) is 0 Å². The van der Waals surface area contributed by atoms with E-state index in [1.54, 1.807) is 0 Å². The van der Waals surface area contributed by atoms with E-state index in [-0.39, 0.29) is 5.02 Å². The van der Waals surface area contributed by atoms with E-state index < -0.39 is 17.6 Å². The number of hydrogen-bond acceptors (Lipinski definition) is 2. The number of benzene rings is 1. The highest BCUT2D eigenvalue weighted by Gasteiger charge is 2.16. The maximum Gasteiger partial charge on any atom is 0.166 e. The van der Waals surface area contributed by atoms with Gasteiger partial charge in [-0.25, -0.2) is 4.39 Å². The fourth-order valence-corrected chi connectivity index (χ4v) is 1.72. The molecule has 0 aromatic heterocycles. The van der Waals surface area contributed by atoms with Gasteiger partial charge in [-0.3, -0.25) is 0 Å². The zero-order chi connectivity index (χ0) is 11.6. The Balaban J connectivity index is 3.02. The number of phenols is 1. The van der Waals surface area contributed by atoms with Gasteiger partial charge < -0.3 is 10.8 Å². The molecule has 3 N–H and O–H groups in total. The number of hydrogen-bond donors (Lipinski definition) is 2. The van der Waals surface area contributed by atoms with E-state index in [0.717, 1.165) is 6.07 Å². The fourth-order valence-electron chi connectivity index (χ4n) is 1.50. The Hall–Kier alpha value is -0.800. The largest absolute Gasteiger partial charge is 0.505 e. The van der Waals surface area contributed by atoms with Gasteiger partial charge in [0.25, 0.3) is 0 Å². The molecule has 0 saturated carbocycles. The molecule has 1 atom stereocenters. The van der Waals surface area contributed by atoms with Crippen LogP contribution < -0.4 is 5.73 Å². The second-order valence-electron chi connectivity index (χ2n) is 4.06. The number of aromatic hydroxyl groups is 1. The van der Waals surface area contributed by atoms with Crippen molar-refractivity contribution >= 4 is 11.6 Å². The first-order valence-electron chi connectivity index (χ1n) is 4.85. The third-order valence-corrected chi connectivity index (χ3v) is 2.40. The minimum Gasteiger partial charge on any atom is -0.505 e. The number of halogens is 2. The zero-order valence-corrected chi connectivity index (χ0v) is 9.55. The summed E-state index contributed by atoms with van der Waals surface area (Å²) in [6.07, 6.45) is 0.674. The van der Waals surface area contributed by atoms with Crippen LogP contribution in [0.15, 0.2) is 12.1 Å². The van der Waals surface area contributed by atoms with Crippen molar-refractivity contribution in [3.8, 4) is 5.75 Å². The Morgan fingerprint density at radius 2 is 2.07 bits per heavy atom. The van der Waals surface area contributed by atoms with E-state index in [1.807, 2.05) is 13.8 Å². The van der Waals surface area contributed by atoms with Gasteiger partial charge in [-0.15, -0.1) is 0 Å². The third-order valence-electron chi connectivity index (χ3n) is 2.18. The predicted molar refractivity (Wildman–Crippen MR) is 59.5 cm³/mol. The van der Waals surface area contributed by atoms with Crippen LogP contribution in [-0.2, 0) is 0 Å². The highest BCUT2D eigenvalue weighted by Crippen LogP contribution is 2.32. The Labute approximate surface area is 93.9 Å². The van der Waals surface area contributed by atoms with E-state index in [1.165, 1.54) is 6.07 Å². The van der Waals surface area contributed by atoms with E-state index in [9.17, 15) is 9.50 Å². The minimum atomic E-state index is -0.725. The molecule has 0 amide bonds. The molecule has 0 radical (unpaired) electrons. The second-order valence-corrected chi connectivity index (χ2v) is 4.50. The van der Waals surface area contributed by atoms with Crippen LogP contribution in [-0.4, -0.2) is 5.11 Å². The topological polar surface area (TPSA) is 46.2 Å². The highest BCUT2D eigenvalue weighted by atomic mass is 35.5.